The highest BCUT2D eigenvalue weighted by molar-refractivity contribution is 7.90. The fourth-order valence-corrected chi connectivity index (χ4v) is 2.17. The topological polar surface area (TPSA) is 79.8 Å². The van der Waals surface area contributed by atoms with Crippen molar-refractivity contribution in [2.75, 3.05) is 45.4 Å². The Kier molecular flexibility index (Phi) is 8.57. The third kappa shape index (κ3) is 9.85. The molecule has 0 aromatic heterocycles. The third-order valence-corrected chi connectivity index (χ3v) is 3.89. The molecule has 0 amide bonds. The van der Waals surface area contributed by atoms with Gasteiger partial charge in [-0.2, -0.15) is 0 Å². The van der Waals surface area contributed by atoms with Crippen LogP contribution in [0.1, 0.15) is 5.56 Å². The summed E-state index contributed by atoms with van der Waals surface area (Å²) in [5.74, 6) is 0.423. The lowest BCUT2D eigenvalue weighted by Gasteiger charge is -2.12. The normalized spacial score (nSPS) is 12.2. The zero-order valence-corrected chi connectivity index (χ0v) is 14.3. The lowest BCUT2D eigenvalue weighted by Crippen LogP contribution is -2.39. The highest BCUT2D eigenvalue weighted by atomic mass is 32.2. The van der Waals surface area contributed by atoms with Gasteiger partial charge in [-0.3, -0.25) is 4.99 Å². The summed E-state index contributed by atoms with van der Waals surface area (Å²) in [5, 5.41) is 6.21. The first-order valence-corrected chi connectivity index (χ1v) is 9.41. The number of halogens is 1. The fourth-order valence-electron chi connectivity index (χ4n) is 1.75. The molecule has 0 aliphatic heterocycles. The van der Waals surface area contributed by atoms with Crippen LogP contribution in [0.3, 0.4) is 0 Å². The van der Waals surface area contributed by atoms with E-state index in [4.69, 9.17) is 4.74 Å². The van der Waals surface area contributed by atoms with Gasteiger partial charge in [0.1, 0.15) is 15.7 Å². The Morgan fingerprint density at radius 3 is 2.43 bits per heavy atom. The molecule has 6 nitrogen and oxygen atoms in total. The molecule has 0 unspecified atom stereocenters. The van der Waals surface area contributed by atoms with Gasteiger partial charge in [-0.25, -0.2) is 12.8 Å². The first-order chi connectivity index (χ1) is 10.9. The van der Waals surface area contributed by atoms with E-state index in [2.05, 4.69) is 15.6 Å². The van der Waals surface area contributed by atoms with Crippen molar-refractivity contribution in [3.8, 4) is 0 Å². The predicted molar refractivity (Wildman–Crippen MR) is 90.0 cm³/mol. The van der Waals surface area contributed by atoms with Crippen molar-refractivity contribution in [3.05, 3.63) is 35.6 Å². The molecule has 1 rings (SSSR count). The first kappa shape index (κ1) is 19.4. The molecule has 0 atom stereocenters. The van der Waals surface area contributed by atoms with Crippen LogP contribution >= 0.6 is 0 Å². The summed E-state index contributed by atoms with van der Waals surface area (Å²) in [6, 6.07) is 6.39. The van der Waals surface area contributed by atoms with Crippen molar-refractivity contribution in [1.82, 2.24) is 10.6 Å². The minimum Gasteiger partial charge on any atom is -0.379 e. The van der Waals surface area contributed by atoms with Gasteiger partial charge in [0.25, 0.3) is 0 Å². The van der Waals surface area contributed by atoms with E-state index in [0.717, 1.165) is 12.0 Å². The summed E-state index contributed by atoms with van der Waals surface area (Å²) >= 11 is 0. The highest BCUT2D eigenvalue weighted by Gasteiger charge is 2.02. The average molecular weight is 345 g/mol. The largest absolute Gasteiger partial charge is 0.379 e. The quantitative estimate of drug-likeness (QED) is 0.389. The van der Waals surface area contributed by atoms with Gasteiger partial charge in [-0.15, -0.1) is 0 Å². The van der Waals surface area contributed by atoms with Crippen molar-refractivity contribution in [2.45, 2.75) is 6.42 Å². The molecule has 0 fully saturated rings. The van der Waals surface area contributed by atoms with Gasteiger partial charge < -0.3 is 15.4 Å². The van der Waals surface area contributed by atoms with E-state index in [-0.39, 0.29) is 18.2 Å². The molecule has 0 radical (unpaired) electrons. The van der Waals surface area contributed by atoms with Crippen molar-refractivity contribution in [1.29, 1.82) is 0 Å². The molecule has 0 spiro atoms. The minimum atomic E-state index is -2.98. The summed E-state index contributed by atoms with van der Waals surface area (Å²) in [6.07, 6.45) is 1.94. The molecule has 23 heavy (non-hydrogen) atoms. The molecule has 2 N–H and O–H groups in total. The molecule has 1 aromatic rings. The number of nitrogens with one attached hydrogen (secondary N) is 2. The second kappa shape index (κ2) is 10.2. The number of benzene rings is 1. The van der Waals surface area contributed by atoms with Gasteiger partial charge in [0.05, 0.1) is 19.0 Å². The SMILES string of the molecule is CN=C(NCCOCCS(C)(=O)=O)NCCc1ccc(F)cc1. The Balaban J connectivity index is 2.13. The smallest absolute Gasteiger partial charge is 0.191 e. The number of hydrogen-bond donors (Lipinski definition) is 2. The summed E-state index contributed by atoms with van der Waals surface area (Å²) in [4.78, 5) is 4.07. The minimum absolute atomic E-state index is 0.0254. The Hall–Kier alpha value is -1.67. The van der Waals surface area contributed by atoms with Gasteiger partial charge in [0.2, 0.25) is 0 Å². The predicted octanol–water partition coefficient (Wildman–Crippen LogP) is 0.594. The van der Waals surface area contributed by atoms with E-state index in [0.29, 0.717) is 25.7 Å². The molecule has 130 valence electrons. The van der Waals surface area contributed by atoms with Crippen LogP contribution in [0.2, 0.25) is 0 Å². The molecule has 0 aliphatic rings. The van der Waals surface area contributed by atoms with Crippen LogP contribution in [-0.2, 0) is 21.0 Å². The van der Waals surface area contributed by atoms with Gasteiger partial charge >= 0.3 is 0 Å². The summed E-state index contributed by atoms with van der Waals surface area (Å²) in [6.45, 7) is 1.78. The third-order valence-electron chi connectivity index (χ3n) is 2.98. The van der Waals surface area contributed by atoms with Crippen LogP contribution in [-0.4, -0.2) is 59.7 Å². The Morgan fingerprint density at radius 2 is 1.83 bits per heavy atom. The van der Waals surface area contributed by atoms with E-state index < -0.39 is 9.84 Å². The van der Waals surface area contributed by atoms with Crippen LogP contribution in [0.25, 0.3) is 0 Å². The second-order valence-corrected chi connectivity index (χ2v) is 7.30. The number of hydrogen-bond acceptors (Lipinski definition) is 4. The lowest BCUT2D eigenvalue weighted by molar-refractivity contribution is 0.154. The zero-order valence-electron chi connectivity index (χ0n) is 13.5. The summed E-state index contributed by atoms with van der Waals surface area (Å²) in [7, 11) is -1.31. The molecule has 0 bridgehead atoms. The van der Waals surface area contributed by atoms with Crippen molar-refractivity contribution in [3.63, 3.8) is 0 Å². The summed E-state index contributed by atoms with van der Waals surface area (Å²) in [5.41, 5.74) is 1.04. The standard InChI is InChI=1S/C15H24FN3O3S/c1-17-15(19-9-10-22-11-12-23(2,20)21)18-8-7-13-3-5-14(16)6-4-13/h3-6H,7-12H2,1-2H3,(H2,17,18,19). The number of guanidine groups is 1. The number of ether oxygens (including phenoxy) is 1. The van der Waals surface area contributed by atoms with Crippen LogP contribution in [0, 0.1) is 5.82 Å². The molecule has 0 saturated carbocycles. The second-order valence-electron chi connectivity index (χ2n) is 5.04. The van der Waals surface area contributed by atoms with Crippen LogP contribution < -0.4 is 10.6 Å². The Bertz CT molecular complexity index is 588. The Labute approximate surface area is 137 Å². The molecular formula is C15H24FN3O3S. The Morgan fingerprint density at radius 1 is 1.17 bits per heavy atom. The van der Waals surface area contributed by atoms with Crippen LogP contribution in [0.5, 0.6) is 0 Å². The van der Waals surface area contributed by atoms with Gasteiger partial charge in [-0.1, -0.05) is 12.1 Å². The van der Waals surface area contributed by atoms with E-state index in [1.807, 2.05) is 0 Å². The maximum absolute atomic E-state index is 12.8. The van der Waals surface area contributed by atoms with Crippen LogP contribution in [0.15, 0.2) is 29.3 Å². The van der Waals surface area contributed by atoms with Crippen molar-refractivity contribution in [2.24, 2.45) is 4.99 Å². The van der Waals surface area contributed by atoms with E-state index in [1.165, 1.54) is 18.4 Å². The van der Waals surface area contributed by atoms with E-state index in [9.17, 15) is 12.8 Å². The maximum atomic E-state index is 12.8. The van der Waals surface area contributed by atoms with E-state index in [1.54, 1.807) is 19.2 Å². The van der Waals surface area contributed by atoms with Gasteiger partial charge in [-0.05, 0) is 24.1 Å². The molecule has 0 saturated heterocycles. The number of nitrogens with zero attached hydrogens (tertiary/aromatic N) is 1. The monoisotopic (exact) mass is 345 g/mol. The molecule has 1 aromatic carbocycles. The zero-order chi connectivity index (χ0) is 17.1. The highest BCUT2D eigenvalue weighted by Crippen LogP contribution is 2.02. The van der Waals surface area contributed by atoms with E-state index >= 15 is 0 Å². The van der Waals surface area contributed by atoms with Crippen molar-refractivity contribution < 1.29 is 17.5 Å². The average Bonchev–Trinajstić information content (AvgIpc) is 2.49. The molecule has 8 heteroatoms. The number of aliphatic imine (C=N–C) groups is 1. The molecule has 0 heterocycles. The molecular weight excluding hydrogens is 321 g/mol. The number of sulfone groups is 1. The first-order valence-electron chi connectivity index (χ1n) is 7.35. The molecule has 0 aliphatic carbocycles. The van der Waals surface area contributed by atoms with Gasteiger partial charge in [0, 0.05) is 26.4 Å². The summed E-state index contributed by atoms with van der Waals surface area (Å²) < 4.78 is 39.9. The maximum Gasteiger partial charge on any atom is 0.191 e. The van der Waals surface area contributed by atoms with Crippen molar-refractivity contribution >= 4 is 15.8 Å². The fraction of sp³-hybridized carbons (Fsp3) is 0.533. The van der Waals surface area contributed by atoms with Crippen LogP contribution in [0.4, 0.5) is 4.39 Å². The lowest BCUT2D eigenvalue weighted by atomic mass is 10.1. The van der Waals surface area contributed by atoms with Gasteiger partial charge in [0.15, 0.2) is 5.96 Å². The number of rotatable bonds is 9.